The molecule has 20 heavy (non-hydrogen) atoms. The van der Waals surface area contributed by atoms with E-state index in [0.717, 1.165) is 17.9 Å². The van der Waals surface area contributed by atoms with Crippen LogP contribution in [0.1, 0.15) is 36.7 Å². The van der Waals surface area contributed by atoms with Crippen LogP contribution in [0, 0.1) is 5.82 Å². The zero-order valence-electron chi connectivity index (χ0n) is 11.3. The summed E-state index contributed by atoms with van der Waals surface area (Å²) in [7, 11) is 0. The molecule has 1 aromatic carbocycles. The molecule has 4 heteroatoms. The van der Waals surface area contributed by atoms with Crippen molar-refractivity contribution in [3.8, 4) is 5.75 Å². The van der Waals surface area contributed by atoms with Gasteiger partial charge in [-0.2, -0.15) is 0 Å². The van der Waals surface area contributed by atoms with Gasteiger partial charge in [0.25, 0.3) is 0 Å². The van der Waals surface area contributed by atoms with Gasteiger partial charge in [-0.05, 0) is 25.1 Å². The van der Waals surface area contributed by atoms with Crippen LogP contribution in [0.5, 0.6) is 5.75 Å². The van der Waals surface area contributed by atoms with Gasteiger partial charge < -0.3 is 10.1 Å². The van der Waals surface area contributed by atoms with Gasteiger partial charge in [-0.25, -0.2) is 4.39 Å². The SMILES string of the molecule is CC(NC1CCOc2ccccc21)c1ccc(F)cn1. The highest BCUT2D eigenvalue weighted by molar-refractivity contribution is 5.37. The average molecular weight is 272 g/mol. The third-order valence-electron chi connectivity index (χ3n) is 3.60. The first-order valence-electron chi connectivity index (χ1n) is 6.83. The third-order valence-corrected chi connectivity index (χ3v) is 3.60. The fourth-order valence-corrected chi connectivity index (χ4v) is 2.55. The van der Waals surface area contributed by atoms with Crippen molar-refractivity contribution in [2.24, 2.45) is 0 Å². The molecule has 2 aromatic rings. The summed E-state index contributed by atoms with van der Waals surface area (Å²) in [4.78, 5) is 4.13. The molecule has 1 aliphatic rings. The van der Waals surface area contributed by atoms with Crippen LogP contribution in [0.25, 0.3) is 0 Å². The Morgan fingerprint density at radius 3 is 2.95 bits per heavy atom. The number of rotatable bonds is 3. The van der Waals surface area contributed by atoms with Crippen molar-refractivity contribution >= 4 is 0 Å². The molecule has 1 N–H and O–H groups in total. The molecule has 2 atom stereocenters. The summed E-state index contributed by atoms with van der Waals surface area (Å²) in [5, 5.41) is 3.55. The largest absolute Gasteiger partial charge is 0.493 e. The van der Waals surface area contributed by atoms with Crippen LogP contribution in [-0.4, -0.2) is 11.6 Å². The molecule has 3 nitrogen and oxygen atoms in total. The van der Waals surface area contributed by atoms with Crippen LogP contribution in [0.15, 0.2) is 42.6 Å². The first-order valence-corrected chi connectivity index (χ1v) is 6.83. The molecule has 1 aromatic heterocycles. The Hall–Kier alpha value is -1.94. The molecule has 0 amide bonds. The summed E-state index contributed by atoms with van der Waals surface area (Å²) in [6.45, 7) is 2.75. The molecule has 0 saturated carbocycles. The minimum Gasteiger partial charge on any atom is -0.493 e. The smallest absolute Gasteiger partial charge is 0.141 e. The van der Waals surface area contributed by atoms with Gasteiger partial charge in [-0.15, -0.1) is 0 Å². The Labute approximate surface area is 117 Å². The maximum atomic E-state index is 12.9. The third kappa shape index (κ3) is 2.65. The number of para-hydroxylation sites is 1. The molecule has 0 radical (unpaired) electrons. The first-order chi connectivity index (χ1) is 9.74. The summed E-state index contributed by atoms with van der Waals surface area (Å²) in [5.41, 5.74) is 2.02. The van der Waals surface area contributed by atoms with Crippen molar-refractivity contribution < 1.29 is 9.13 Å². The Morgan fingerprint density at radius 1 is 1.30 bits per heavy atom. The van der Waals surface area contributed by atoms with Gasteiger partial charge in [0.05, 0.1) is 18.5 Å². The van der Waals surface area contributed by atoms with Crippen LogP contribution in [0.4, 0.5) is 4.39 Å². The Kier molecular flexibility index (Phi) is 3.65. The minimum atomic E-state index is -0.308. The zero-order valence-corrected chi connectivity index (χ0v) is 11.3. The van der Waals surface area contributed by atoms with Crippen molar-refractivity contribution in [1.29, 1.82) is 0 Å². The van der Waals surface area contributed by atoms with Gasteiger partial charge in [-0.3, -0.25) is 4.98 Å². The van der Waals surface area contributed by atoms with E-state index >= 15 is 0 Å². The second-order valence-electron chi connectivity index (χ2n) is 5.02. The maximum Gasteiger partial charge on any atom is 0.141 e. The van der Waals surface area contributed by atoms with Crippen LogP contribution >= 0.6 is 0 Å². The van der Waals surface area contributed by atoms with Gasteiger partial charge in [0.2, 0.25) is 0 Å². The molecule has 104 valence electrons. The summed E-state index contributed by atoms with van der Waals surface area (Å²) >= 11 is 0. The van der Waals surface area contributed by atoms with E-state index in [-0.39, 0.29) is 17.9 Å². The molecule has 0 fully saturated rings. The maximum absolute atomic E-state index is 12.9. The molecule has 0 spiro atoms. The molecule has 1 aliphatic heterocycles. The van der Waals surface area contributed by atoms with Crippen molar-refractivity contribution in [3.05, 3.63) is 59.7 Å². The molecule has 2 unspecified atom stereocenters. The van der Waals surface area contributed by atoms with E-state index in [1.54, 1.807) is 6.07 Å². The number of fused-ring (bicyclic) bond motifs is 1. The number of hydrogen-bond donors (Lipinski definition) is 1. The molecular formula is C16H17FN2O. The van der Waals surface area contributed by atoms with E-state index in [4.69, 9.17) is 4.74 Å². The monoisotopic (exact) mass is 272 g/mol. The summed E-state index contributed by atoms with van der Waals surface area (Å²) in [6, 6.07) is 11.5. The lowest BCUT2D eigenvalue weighted by atomic mass is 9.99. The van der Waals surface area contributed by atoms with Gasteiger partial charge in [0.1, 0.15) is 11.6 Å². The second kappa shape index (κ2) is 5.59. The number of nitrogens with zero attached hydrogens (tertiary/aromatic N) is 1. The highest BCUT2D eigenvalue weighted by Gasteiger charge is 2.22. The first kappa shape index (κ1) is 13.1. The number of aromatic nitrogens is 1. The van der Waals surface area contributed by atoms with E-state index in [9.17, 15) is 4.39 Å². The summed E-state index contributed by atoms with van der Waals surface area (Å²) in [6.07, 6.45) is 2.17. The number of benzene rings is 1. The second-order valence-corrected chi connectivity index (χ2v) is 5.02. The van der Waals surface area contributed by atoms with Gasteiger partial charge in [0.15, 0.2) is 0 Å². The van der Waals surface area contributed by atoms with Crippen molar-refractivity contribution in [3.63, 3.8) is 0 Å². The van der Waals surface area contributed by atoms with Crippen LogP contribution in [-0.2, 0) is 0 Å². The minimum absolute atomic E-state index is 0.0618. The lowest BCUT2D eigenvalue weighted by Gasteiger charge is -2.29. The summed E-state index contributed by atoms with van der Waals surface area (Å²) < 4.78 is 18.6. The van der Waals surface area contributed by atoms with Gasteiger partial charge in [0, 0.05) is 24.1 Å². The fraction of sp³-hybridized carbons (Fsp3) is 0.312. The quantitative estimate of drug-likeness (QED) is 0.930. The predicted molar refractivity (Wildman–Crippen MR) is 75.0 cm³/mol. The van der Waals surface area contributed by atoms with Crippen LogP contribution < -0.4 is 10.1 Å². The standard InChI is InChI=1S/C16H17FN2O/c1-11(14-7-6-12(17)10-18-14)19-15-8-9-20-16-5-3-2-4-13(15)16/h2-7,10-11,15,19H,8-9H2,1H3. The van der Waals surface area contributed by atoms with Crippen LogP contribution in [0.2, 0.25) is 0 Å². The normalized spacial score (nSPS) is 19.0. The Morgan fingerprint density at radius 2 is 2.15 bits per heavy atom. The van der Waals surface area contributed by atoms with Gasteiger partial charge in [-0.1, -0.05) is 18.2 Å². The van der Waals surface area contributed by atoms with E-state index in [0.29, 0.717) is 6.61 Å². The van der Waals surface area contributed by atoms with Crippen molar-refractivity contribution in [1.82, 2.24) is 10.3 Å². The van der Waals surface area contributed by atoms with E-state index in [2.05, 4.69) is 16.4 Å². The molecule has 2 heterocycles. The van der Waals surface area contributed by atoms with Crippen molar-refractivity contribution in [2.45, 2.75) is 25.4 Å². The number of ether oxygens (including phenoxy) is 1. The fourth-order valence-electron chi connectivity index (χ4n) is 2.55. The summed E-state index contributed by atoms with van der Waals surface area (Å²) in [5.74, 6) is 0.632. The van der Waals surface area contributed by atoms with E-state index in [1.165, 1.54) is 17.8 Å². The Bertz CT molecular complexity index is 585. The lowest BCUT2D eigenvalue weighted by molar-refractivity contribution is 0.245. The molecule has 0 aliphatic carbocycles. The van der Waals surface area contributed by atoms with E-state index in [1.807, 2.05) is 25.1 Å². The van der Waals surface area contributed by atoms with E-state index < -0.39 is 0 Å². The predicted octanol–water partition coefficient (Wildman–Crippen LogP) is 3.40. The zero-order chi connectivity index (χ0) is 13.9. The number of nitrogens with one attached hydrogen (secondary N) is 1. The Balaban J connectivity index is 1.77. The van der Waals surface area contributed by atoms with Gasteiger partial charge >= 0.3 is 0 Å². The number of halogens is 1. The van der Waals surface area contributed by atoms with Crippen LogP contribution in [0.3, 0.4) is 0 Å². The average Bonchev–Trinajstić information content (AvgIpc) is 2.48. The number of hydrogen-bond acceptors (Lipinski definition) is 3. The highest BCUT2D eigenvalue weighted by Crippen LogP contribution is 2.33. The molecule has 3 rings (SSSR count). The topological polar surface area (TPSA) is 34.1 Å². The highest BCUT2D eigenvalue weighted by atomic mass is 19.1. The van der Waals surface area contributed by atoms with Crippen molar-refractivity contribution in [2.75, 3.05) is 6.61 Å². The molecular weight excluding hydrogens is 255 g/mol. The molecule has 0 bridgehead atoms. The lowest BCUT2D eigenvalue weighted by Crippen LogP contribution is -2.29. The molecule has 0 saturated heterocycles. The number of pyridine rings is 1.